The number of hydrogen-bond donors (Lipinski definition) is 1. The summed E-state index contributed by atoms with van der Waals surface area (Å²) < 4.78 is 5.36. The number of methoxy groups -OCH3 is 1. The van der Waals surface area contributed by atoms with Crippen molar-refractivity contribution in [3.05, 3.63) is 23.8 Å². The van der Waals surface area contributed by atoms with Crippen LogP contribution in [0.3, 0.4) is 0 Å². The summed E-state index contributed by atoms with van der Waals surface area (Å²) >= 11 is 1.65. The highest BCUT2D eigenvalue weighted by atomic mass is 32.2. The van der Waals surface area contributed by atoms with Crippen LogP contribution in [0.2, 0.25) is 0 Å². The molecule has 1 aromatic rings. The van der Waals surface area contributed by atoms with Crippen molar-refractivity contribution in [1.82, 2.24) is 0 Å². The predicted octanol–water partition coefficient (Wildman–Crippen LogP) is 3.47. The van der Waals surface area contributed by atoms with Crippen LogP contribution in [0.25, 0.3) is 0 Å². The Morgan fingerprint density at radius 3 is 2.47 bits per heavy atom. The molecule has 0 bridgehead atoms. The molecule has 0 aliphatic carbocycles. The minimum absolute atomic E-state index is 0.129. The van der Waals surface area contributed by atoms with Crippen LogP contribution in [0.1, 0.15) is 33.3 Å². The summed E-state index contributed by atoms with van der Waals surface area (Å²) in [6.07, 6.45) is 0. The van der Waals surface area contributed by atoms with Crippen molar-refractivity contribution in [2.24, 2.45) is 0 Å². The zero-order chi connectivity index (χ0) is 13.1. The molecular formula is C14H22O2S. The number of aliphatic hydroxyl groups excluding tert-OH is 1. The third kappa shape index (κ3) is 3.93. The summed E-state index contributed by atoms with van der Waals surface area (Å²) in [5, 5.41) is 9.31. The highest BCUT2D eigenvalue weighted by molar-refractivity contribution is 8.00. The average Bonchev–Trinajstić information content (AvgIpc) is 2.27. The maximum Gasteiger partial charge on any atom is 0.132 e. The molecule has 1 N–H and O–H groups in total. The van der Waals surface area contributed by atoms with Gasteiger partial charge in [-0.05, 0) is 23.1 Å². The number of aliphatic hydroxyl groups is 1. The molecule has 0 radical (unpaired) electrons. The van der Waals surface area contributed by atoms with Gasteiger partial charge >= 0.3 is 0 Å². The van der Waals surface area contributed by atoms with Gasteiger partial charge in [0.2, 0.25) is 0 Å². The van der Waals surface area contributed by atoms with Gasteiger partial charge in [-0.25, -0.2) is 0 Å². The Kier molecular flexibility index (Phi) is 4.90. The van der Waals surface area contributed by atoms with E-state index < -0.39 is 0 Å². The number of benzene rings is 1. The van der Waals surface area contributed by atoms with Crippen LogP contribution < -0.4 is 4.74 Å². The predicted molar refractivity (Wildman–Crippen MR) is 74.1 cm³/mol. The van der Waals surface area contributed by atoms with Crippen molar-refractivity contribution >= 4 is 11.8 Å². The largest absolute Gasteiger partial charge is 0.496 e. The number of ether oxygens (including phenoxy) is 1. The van der Waals surface area contributed by atoms with E-state index in [1.165, 1.54) is 5.56 Å². The molecule has 17 heavy (non-hydrogen) atoms. The zero-order valence-corrected chi connectivity index (χ0v) is 12.1. The van der Waals surface area contributed by atoms with Crippen molar-refractivity contribution < 1.29 is 9.84 Å². The van der Waals surface area contributed by atoms with E-state index in [-0.39, 0.29) is 17.3 Å². The van der Waals surface area contributed by atoms with Gasteiger partial charge in [-0.3, -0.25) is 0 Å². The van der Waals surface area contributed by atoms with Gasteiger partial charge < -0.3 is 9.84 Å². The van der Waals surface area contributed by atoms with Crippen LogP contribution in [0.5, 0.6) is 5.75 Å². The van der Waals surface area contributed by atoms with Crippen molar-refractivity contribution in [2.75, 3.05) is 13.7 Å². The minimum Gasteiger partial charge on any atom is -0.496 e. The smallest absolute Gasteiger partial charge is 0.132 e. The van der Waals surface area contributed by atoms with Gasteiger partial charge in [0.05, 0.1) is 13.7 Å². The summed E-state index contributed by atoms with van der Waals surface area (Å²) in [7, 11) is 1.68. The van der Waals surface area contributed by atoms with E-state index in [9.17, 15) is 0 Å². The number of rotatable bonds is 4. The Hall–Kier alpha value is -0.670. The molecule has 96 valence electrons. The van der Waals surface area contributed by atoms with Gasteiger partial charge in [0.15, 0.2) is 0 Å². The molecule has 1 atom stereocenters. The second-order valence-corrected chi connectivity index (χ2v) is 6.71. The summed E-state index contributed by atoms with van der Waals surface area (Å²) in [6.45, 7) is 8.76. The minimum atomic E-state index is 0.129. The van der Waals surface area contributed by atoms with E-state index in [2.05, 4.69) is 32.9 Å². The topological polar surface area (TPSA) is 29.5 Å². The average molecular weight is 254 g/mol. The third-order valence-electron chi connectivity index (χ3n) is 2.61. The van der Waals surface area contributed by atoms with Crippen molar-refractivity contribution in [3.8, 4) is 5.75 Å². The van der Waals surface area contributed by atoms with E-state index in [0.717, 1.165) is 10.6 Å². The summed E-state index contributed by atoms with van der Waals surface area (Å²) in [5.74, 6) is 0.878. The fourth-order valence-electron chi connectivity index (χ4n) is 1.49. The molecule has 2 nitrogen and oxygen atoms in total. The lowest BCUT2D eigenvalue weighted by molar-refractivity contribution is 0.300. The van der Waals surface area contributed by atoms with Crippen LogP contribution in [0.15, 0.2) is 23.1 Å². The fraction of sp³-hybridized carbons (Fsp3) is 0.571. The van der Waals surface area contributed by atoms with Gasteiger partial charge in [0.25, 0.3) is 0 Å². The molecule has 0 amide bonds. The first-order valence-corrected chi connectivity index (χ1v) is 6.72. The van der Waals surface area contributed by atoms with Gasteiger partial charge in [0.1, 0.15) is 5.75 Å². The molecule has 0 spiro atoms. The van der Waals surface area contributed by atoms with Crippen molar-refractivity contribution in [1.29, 1.82) is 0 Å². The van der Waals surface area contributed by atoms with Crippen LogP contribution in [0, 0.1) is 0 Å². The number of hydrogen-bond acceptors (Lipinski definition) is 3. The summed E-state index contributed by atoms with van der Waals surface area (Å²) in [4.78, 5) is 1.10. The summed E-state index contributed by atoms with van der Waals surface area (Å²) in [6, 6.07) is 6.27. The monoisotopic (exact) mass is 254 g/mol. The molecule has 0 fully saturated rings. The van der Waals surface area contributed by atoms with Crippen LogP contribution in [-0.4, -0.2) is 24.1 Å². The maximum atomic E-state index is 9.13. The summed E-state index contributed by atoms with van der Waals surface area (Å²) in [5.41, 5.74) is 1.41. The molecular weight excluding hydrogens is 232 g/mol. The van der Waals surface area contributed by atoms with Gasteiger partial charge in [-0.15, -0.1) is 11.8 Å². The first kappa shape index (κ1) is 14.4. The Labute approximate surface area is 108 Å². The molecule has 0 saturated heterocycles. The second kappa shape index (κ2) is 5.78. The Bertz CT molecular complexity index is 369. The molecule has 0 saturated carbocycles. The molecule has 1 rings (SSSR count). The lowest BCUT2D eigenvalue weighted by atomic mass is 9.87. The third-order valence-corrected chi connectivity index (χ3v) is 3.74. The fourth-order valence-corrected chi connectivity index (χ4v) is 2.46. The standard InChI is InChI=1S/C14H22O2S/c1-10(9-15)17-13-8-11(14(2,3)4)6-7-12(13)16-5/h6-8,10,15H,9H2,1-5H3. The lowest BCUT2D eigenvalue weighted by Gasteiger charge is -2.21. The van der Waals surface area contributed by atoms with Crippen LogP contribution in [0.4, 0.5) is 0 Å². The van der Waals surface area contributed by atoms with Gasteiger partial charge in [0, 0.05) is 10.1 Å². The number of thioether (sulfide) groups is 1. The molecule has 3 heteroatoms. The van der Waals surface area contributed by atoms with Crippen molar-refractivity contribution in [2.45, 2.75) is 43.3 Å². The normalized spacial score (nSPS) is 13.5. The zero-order valence-electron chi connectivity index (χ0n) is 11.3. The molecule has 0 aromatic heterocycles. The van der Waals surface area contributed by atoms with E-state index >= 15 is 0 Å². The highest BCUT2D eigenvalue weighted by Crippen LogP contribution is 2.35. The van der Waals surface area contributed by atoms with Crippen LogP contribution in [-0.2, 0) is 5.41 Å². The SMILES string of the molecule is COc1ccc(C(C)(C)C)cc1SC(C)CO. The van der Waals surface area contributed by atoms with E-state index in [1.807, 2.05) is 13.0 Å². The first-order chi connectivity index (χ1) is 7.88. The van der Waals surface area contributed by atoms with Crippen LogP contribution >= 0.6 is 11.8 Å². The maximum absolute atomic E-state index is 9.13. The van der Waals surface area contributed by atoms with Gasteiger partial charge in [-0.1, -0.05) is 33.8 Å². The Morgan fingerprint density at radius 2 is 2.00 bits per heavy atom. The lowest BCUT2D eigenvalue weighted by Crippen LogP contribution is -2.11. The van der Waals surface area contributed by atoms with E-state index in [1.54, 1.807) is 18.9 Å². The first-order valence-electron chi connectivity index (χ1n) is 5.84. The Balaban J connectivity index is 3.07. The molecule has 0 aliphatic heterocycles. The quantitative estimate of drug-likeness (QED) is 0.834. The molecule has 0 heterocycles. The van der Waals surface area contributed by atoms with Gasteiger partial charge in [-0.2, -0.15) is 0 Å². The molecule has 1 unspecified atom stereocenters. The highest BCUT2D eigenvalue weighted by Gasteiger charge is 2.17. The second-order valence-electron chi connectivity index (χ2n) is 5.23. The molecule has 1 aromatic carbocycles. The van der Waals surface area contributed by atoms with E-state index in [4.69, 9.17) is 9.84 Å². The molecule has 0 aliphatic rings. The van der Waals surface area contributed by atoms with E-state index in [0.29, 0.717) is 0 Å². The van der Waals surface area contributed by atoms with Crippen molar-refractivity contribution in [3.63, 3.8) is 0 Å². The Morgan fingerprint density at radius 1 is 1.35 bits per heavy atom.